The Hall–Kier alpha value is -1.29. The van der Waals surface area contributed by atoms with E-state index in [0.29, 0.717) is 6.54 Å². The molecule has 2 rings (SSSR count). The molecule has 1 aliphatic heterocycles. The highest BCUT2D eigenvalue weighted by molar-refractivity contribution is 5.80. The molecule has 1 aromatic rings. The zero-order valence-corrected chi connectivity index (χ0v) is 10.7. The Kier molecular flexibility index (Phi) is 3.24. The van der Waals surface area contributed by atoms with Gasteiger partial charge in [-0.05, 0) is 19.1 Å². The molecular formula is C13H20N2O2. The number of hydrogen-bond acceptors (Lipinski definition) is 3. The second-order valence-electron chi connectivity index (χ2n) is 5.37. The lowest BCUT2D eigenvalue weighted by Crippen LogP contribution is -2.52. The minimum absolute atomic E-state index is 0.139. The minimum Gasteiger partial charge on any atom is -0.466 e. The third-order valence-corrected chi connectivity index (χ3v) is 3.26. The summed E-state index contributed by atoms with van der Waals surface area (Å²) in [7, 11) is 0. The van der Waals surface area contributed by atoms with E-state index in [0.717, 1.165) is 24.6 Å². The Labute approximate surface area is 102 Å². The first-order valence-corrected chi connectivity index (χ1v) is 6.04. The molecule has 0 unspecified atom stereocenters. The summed E-state index contributed by atoms with van der Waals surface area (Å²) in [6, 6.07) is 3.93. The monoisotopic (exact) mass is 236 g/mol. The lowest BCUT2D eigenvalue weighted by molar-refractivity contribution is -0.126. The molecule has 0 atom stereocenters. The topological polar surface area (TPSA) is 54.3 Å². The van der Waals surface area contributed by atoms with Crippen molar-refractivity contribution in [3.8, 4) is 0 Å². The van der Waals surface area contributed by atoms with Crippen LogP contribution in [0.1, 0.15) is 25.4 Å². The van der Waals surface area contributed by atoms with Crippen molar-refractivity contribution in [2.24, 2.45) is 5.92 Å². The summed E-state index contributed by atoms with van der Waals surface area (Å²) in [4.78, 5) is 11.7. The molecule has 94 valence electrons. The number of carbonyl (C=O) groups excluding carboxylic acids is 1. The maximum absolute atomic E-state index is 11.7. The minimum atomic E-state index is -0.166. The highest BCUT2D eigenvalue weighted by atomic mass is 16.3. The van der Waals surface area contributed by atoms with Crippen molar-refractivity contribution < 1.29 is 9.21 Å². The Morgan fingerprint density at radius 3 is 2.71 bits per heavy atom. The van der Waals surface area contributed by atoms with Crippen LogP contribution in [0.25, 0.3) is 0 Å². The molecule has 17 heavy (non-hydrogen) atoms. The summed E-state index contributed by atoms with van der Waals surface area (Å²) in [6.45, 7) is 8.28. The van der Waals surface area contributed by atoms with Crippen molar-refractivity contribution in [1.29, 1.82) is 0 Å². The van der Waals surface area contributed by atoms with E-state index in [-0.39, 0.29) is 17.2 Å². The van der Waals surface area contributed by atoms with Gasteiger partial charge in [0.05, 0.1) is 5.92 Å². The van der Waals surface area contributed by atoms with Crippen LogP contribution in [0.2, 0.25) is 0 Å². The van der Waals surface area contributed by atoms with Crippen LogP contribution >= 0.6 is 0 Å². The highest BCUT2D eigenvalue weighted by Crippen LogP contribution is 2.24. The fourth-order valence-corrected chi connectivity index (χ4v) is 1.81. The fraction of sp³-hybridized carbons (Fsp3) is 0.615. The molecule has 0 spiro atoms. The molecule has 1 fully saturated rings. The zero-order chi connectivity index (χ0) is 12.5. The van der Waals surface area contributed by atoms with Gasteiger partial charge in [0.1, 0.15) is 11.5 Å². The number of hydrogen-bond donors (Lipinski definition) is 2. The zero-order valence-electron chi connectivity index (χ0n) is 10.7. The molecule has 0 aliphatic carbocycles. The Morgan fingerprint density at radius 1 is 1.53 bits per heavy atom. The van der Waals surface area contributed by atoms with Crippen LogP contribution in [0.3, 0.4) is 0 Å². The first kappa shape index (κ1) is 12.2. The summed E-state index contributed by atoms with van der Waals surface area (Å²) in [5.74, 6) is 2.11. The molecule has 4 heteroatoms. The first-order valence-electron chi connectivity index (χ1n) is 6.04. The van der Waals surface area contributed by atoms with Crippen molar-refractivity contribution in [1.82, 2.24) is 10.6 Å². The lowest BCUT2D eigenvalue weighted by Gasteiger charge is -2.28. The van der Waals surface area contributed by atoms with Crippen molar-refractivity contribution >= 4 is 5.91 Å². The smallest absolute Gasteiger partial charge is 0.225 e. The average molecular weight is 236 g/mol. The summed E-state index contributed by atoms with van der Waals surface area (Å²) in [5, 5.41) is 6.09. The molecule has 4 nitrogen and oxygen atoms in total. The third-order valence-electron chi connectivity index (χ3n) is 3.26. The highest BCUT2D eigenvalue weighted by Gasteiger charge is 2.29. The van der Waals surface area contributed by atoms with Crippen molar-refractivity contribution in [2.45, 2.75) is 26.2 Å². The molecule has 1 saturated heterocycles. The lowest BCUT2D eigenvalue weighted by atomic mass is 9.90. The molecule has 1 aromatic heterocycles. The Balaban J connectivity index is 1.90. The van der Waals surface area contributed by atoms with Crippen LogP contribution in [0.15, 0.2) is 16.5 Å². The van der Waals surface area contributed by atoms with Gasteiger partial charge in [-0.15, -0.1) is 0 Å². The number of furan rings is 1. The molecule has 2 N–H and O–H groups in total. The predicted octanol–water partition coefficient (Wildman–Crippen LogP) is 1.20. The van der Waals surface area contributed by atoms with Gasteiger partial charge in [0.25, 0.3) is 0 Å². The molecule has 0 saturated carbocycles. The van der Waals surface area contributed by atoms with E-state index < -0.39 is 0 Å². The van der Waals surface area contributed by atoms with Gasteiger partial charge < -0.3 is 15.1 Å². The SMILES string of the molecule is Cc1ccc(C(C)(C)CNC(=O)C2CNC2)o1. The quantitative estimate of drug-likeness (QED) is 0.826. The van der Waals surface area contributed by atoms with Crippen LogP contribution in [-0.4, -0.2) is 25.5 Å². The van der Waals surface area contributed by atoms with Gasteiger partial charge in [-0.25, -0.2) is 0 Å². The molecule has 0 aromatic carbocycles. The normalized spacial score (nSPS) is 16.6. The van der Waals surface area contributed by atoms with E-state index in [1.54, 1.807) is 0 Å². The van der Waals surface area contributed by atoms with Crippen molar-refractivity contribution in [2.75, 3.05) is 19.6 Å². The maximum atomic E-state index is 11.7. The number of aryl methyl sites for hydroxylation is 1. The fourth-order valence-electron chi connectivity index (χ4n) is 1.81. The van der Waals surface area contributed by atoms with Crippen molar-refractivity contribution in [3.63, 3.8) is 0 Å². The Morgan fingerprint density at radius 2 is 2.24 bits per heavy atom. The van der Waals surface area contributed by atoms with Gasteiger partial charge in [-0.3, -0.25) is 4.79 Å². The van der Waals surface area contributed by atoms with E-state index in [2.05, 4.69) is 24.5 Å². The van der Waals surface area contributed by atoms with Crippen LogP contribution in [-0.2, 0) is 10.2 Å². The van der Waals surface area contributed by atoms with Gasteiger partial charge in [0.2, 0.25) is 5.91 Å². The summed E-state index contributed by atoms with van der Waals surface area (Å²) in [5.41, 5.74) is -0.166. The van der Waals surface area contributed by atoms with Gasteiger partial charge in [-0.2, -0.15) is 0 Å². The average Bonchev–Trinajstić information content (AvgIpc) is 2.60. The second-order valence-corrected chi connectivity index (χ2v) is 5.37. The molecule has 2 heterocycles. The largest absolute Gasteiger partial charge is 0.466 e. The number of amides is 1. The second kappa shape index (κ2) is 4.53. The van der Waals surface area contributed by atoms with E-state index in [4.69, 9.17) is 4.42 Å². The summed E-state index contributed by atoms with van der Waals surface area (Å²) >= 11 is 0. The van der Waals surface area contributed by atoms with Gasteiger partial charge >= 0.3 is 0 Å². The Bertz CT molecular complexity index is 405. The van der Waals surface area contributed by atoms with Crippen LogP contribution < -0.4 is 10.6 Å². The van der Waals surface area contributed by atoms with E-state index in [1.807, 2.05) is 19.1 Å². The van der Waals surface area contributed by atoms with Crippen LogP contribution in [0.4, 0.5) is 0 Å². The number of nitrogens with one attached hydrogen (secondary N) is 2. The maximum Gasteiger partial charge on any atom is 0.225 e. The van der Waals surface area contributed by atoms with Crippen molar-refractivity contribution in [3.05, 3.63) is 23.7 Å². The predicted molar refractivity (Wildman–Crippen MR) is 65.8 cm³/mol. The van der Waals surface area contributed by atoms with Crippen LogP contribution in [0, 0.1) is 12.8 Å². The molecule has 0 radical (unpaired) electrons. The van der Waals surface area contributed by atoms with Gasteiger partial charge in [-0.1, -0.05) is 13.8 Å². The van der Waals surface area contributed by atoms with E-state index >= 15 is 0 Å². The molecular weight excluding hydrogens is 216 g/mol. The van der Waals surface area contributed by atoms with Gasteiger partial charge in [0.15, 0.2) is 0 Å². The standard InChI is InChI=1S/C13H20N2O2/c1-9-4-5-11(17-9)13(2,3)8-15-12(16)10-6-14-7-10/h4-5,10,14H,6-8H2,1-3H3,(H,15,16). The van der Waals surface area contributed by atoms with E-state index in [1.165, 1.54) is 0 Å². The third kappa shape index (κ3) is 2.69. The molecule has 1 amide bonds. The van der Waals surface area contributed by atoms with E-state index in [9.17, 15) is 4.79 Å². The summed E-state index contributed by atoms with van der Waals surface area (Å²) in [6.07, 6.45) is 0. The molecule has 1 aliphatic rings. The number of rotatable bonds is 4. The molecule has 0 bridgehead atoms. The van der Waals surface area contributed by atoms with Crippen LogP contribution in [0.5, 0.6) is 0 Å². The summed E-state index contributed by atoms with van der Waals surface area (Å²) < 4.78 is 5.62. The first-order chi connectivity index (χ1) is 7.99. The van der Waals surface area contributed by atoms with Gasteiger partial charge in [0, 0.05) is 25.0 Å². The number of carbonyl (C=O) groups is 1.